The summed E-state index contributed by atoms with van der Waals surface area (Å²) >= 11 is 0. The van der Waals surface area contributed by atoms with Crippen LogP contribution in [0.25, 0.3) is 0 Å². The minimum absolute atomic E-state index is 0.539. The second-order valence-electron chi connectivity index (χ2n) is 5.42. The van der Waals surface area contributed by atoms with E-state index in [1.807, 2.05) is 72.6 Å². The average molecular weight is 359 g/mol. The molecule has 0 saturated heterocycles. The van der Waals surface area contributed by atoms with Gasteiger partial charge in [0, 0.05) is 31.3 Å². The average Bonchev–Trinajstić information content (AvgIpc) is 2.66. The Balaban J connectivity index is 1.71. The molecule has 0 aliphatic rings. The molecule has 0 aliphatic heterocycles. The number of rotatable bonds is 8. The first-order valence-corrected chi connectivity index (χ1v) is 9.55. The lowest BCUT2D eigenvalue weighted by atomic mass is 10.3. The molecule has 0 bridgehead atoms. The molecule has 1 N–H and O–H groups in total. The summed E-state index contributed by atoms with van der Waals surface area (Å²) in [6.07, 6.45) is 0. The molecule has 0 spiro atoms. The molecule has 1 unspecified atom stereocenters. The molecule has 0 fully saturated rings. The van der Waals surface area contributed by atoms with E-state index in [9.17, 15) is 4.21 Å². The first kappa shape index (κ1) is 19.0. The smallest absolute Gasteiger partial charge is 0.193 e. The highest BCUT2D eigenvalue weighted by Gasteiger charge is 2.07. The Labute approximate surface area is 152 Å². The van der Waals surface area contributed by atoms with Crippen LogP contribution in [0.1, 0.15) is 0 Å². The zero-order valence-electron chi connectivity index (χ0n) is 14.7. The van der Waals surface area contributed by atoms with Gasteiger partial charge in [-0.25, -0.2) is 0 Å². The summed E-state index contributed by atoms with van der Waals surface area (Å²) in [6, 6.07) is 19.2. The molecule has 5 nitrogen and oxygen atoms in total. The standard InChI is InChI=1S/C19H25N3O2S/c1-20-19(21-13-16-25(23)18-11-7-4-8-12-18)22(2)14-15-24-17-9-5-3-6-10-17/h3-12H,13-16H2,1-2H3,(H,20,21). The van der Waals surface area contributed by atoms with Crippen molar-refractivity contribution in [2.24, 2.45) is 4.99 Å². The van der Waals surface area contributed by atoms with Crippen molar-refractivity contribution in [3.63, 3.8) is 0 Å². The number of benzene rings is 2. The maximum atomic E-state index is 12.2. The van der Waals surface area contributed by atoms with Gasteiger partial charge >= 0.3 is 0 Å². The van der Waals surface area contributed by atoms with Gasteiger partial charge < -0.3 is 15.0 Å². The predicted octanol–water partition coefficient (Wildman–Crippen LogP) is 2.38. The van der Waals surface area contributed by atoms with E-state index in [0.717, 1.165) is 16.6 Å². The summed E-state index contributed by atoms with van der Waals surface area (Å²) in [7, 11) is 2.69. The number of likely N-dealkylation sites (N-methyl/N-ethyl adjacent to an activating group) is 1. The van der Waals surface area contributed by atoms with Crippen molar-refractivity contribution in [1.82, 2.24) is 10.2 Å². The molecule has 0 heterocycles. The van der Waals surface area contributed by atoms with Gasteiger partial charge in [-0.2, -0.15) is 0 Å². The molecule has 0 radical (unpaired) electrons. The molecule has 2 rings (SSSR count). The van der Waals surface area contributed by atoms with Crippen molar-refractivity contribution in [3.05, 3.63) is 60.7 Å². The number of aliphatic imine (C=N–C) groups is 1. The van der Waals surface area contributed by atoms with Crippen molar-refractivity contribution in [2.75, 3.05) is 39.5 Å². The molecule has 2 aromatic carbocycles. The van der Waals surface area contributed by atoms with Gasteiger partial charge in [-0.1, -0.05) is 36.4 Å². The van der Waals surface area contributed by atoms with Crippen LogP contribution in [0.2, 0.25) is 0 Å². The van der Waals surface area contributed by atoms with Crippen LogP contribution in [0.15, 0.2) is 70.6 Å². The van der Waals surface area contributed by atoms with Crippen molar-refractivity contribution in [3.8, 4) is 5.75 Å². The first-order valence-electron chi connectivity index (χ1n) is 8.24. The fourth-order valence-electron chi connectivity index (χ4n) is 2.25. The summed E-state index contributed by atoms with van der Waals surface area (Å²) in [5, 5.41) is 3.25. The third-order valence-corrected chi connectivity index (χ3v) is 4.96. The molecule has 25 heavy (non-hydrogen) atoms. The fraction of sp³-hybridized carbons (Fsp3) is 0.316. The lowest BCUT2D eigenvalue weighted by Crippen LogP contribution is -2.42. The second kappa shape index (κ2) is 10.5. The summed E-state index contributed by atoms with van der Waals surface area (Å²) < 4.78 is 17.9. The number of hydrogen-bond donors (Lipinski definition) is 1. The van der Waals surface area contributed by atoms with Crippen molar-refractivity contribution in [2.45, 2.75) is 4.90 Å². The SMILES string of the molecule is CN=C(NCCS(=O)c1ccccc1)N(C)CCOc1ccccc1. The highest BCUT2D eigenvalue weighted by Crippen LogP contribution is 2.08. The van der Waals surface area contributed by atoms with Gasteiger partial charge in [0.25, 0.3) is 0 Å². The molecule has 0 amide bonds. The summed E-state index contributed by atoms with van der Waals surface area (Å²) in [6.45, 7) is 1.87. The molecule has 6 heteroatoms. The molecule has 134 valence electrons. The van der Waals surface area contributed by atoms with E-state index in [-0.39, 0.29) is 0 Å². The van der Waals surface area contributed by atoms with Crippen LogP contribution < -0.4 is 10.1 Å². The maximum absolute atomic E-state index is 12.2. The number of nitrogens with zero attached hydrogens (tertiary/aromatic N) is 2. The van der Waals surface area contributed by atoms with Crippen LogP contribution in [-0.2, 0) is 10.8 Å². The summed E-state index contributed by atoms with van der Waals surface area (Å²) in [5.74, 6) is 2.16. The predicted molar refractivity (Wildman–Crippen MR) is 104 cm³/mol. The van der Waals surface area contributed by atoms with E-state index in [0.29, 0.717) is 25.4 Å². The zero-order chi connectivity index (χ0) is 17.9. The van der Waals surface area contributed by atoms with Crippen LogP contribution in [0, 0.1) is 0 Å². The second-order valence-corrected chi connectivity index (χ2v) is 6.99. The van der Waals surface area contributed by atoms with Crippen molar-refractivity contribution in [1.29, 1.82) is 0 Å². The topological polar surface area (TPSA) is 53.9 Å². The molecule has 0 aromatic heterocycles. The number of ether oxygens (including phenoxy) is 1. The lowest BCUT2D eigenvalue weighted by Gasteiger charge is -2.22. The Morgan fingerprint density at radius 1 is 1.12 bits per heavy atom. The van der Waals surface area contributed by atoms with E-state index in [2.05, 4.69) is 10.3 Å². The summed E-state index contributed by atoms with van der Waals surface area (Å²) in [4.78, 5) is 7.11. The van der Waals surface area contributed by atoms with Gasteiger partial charge in [0.1, 0.15) is 12.4 Å². The molecule has 0 saturated carbocycles. The lowest BCUT2D eigenvalue weighted by molar-refractivity contribution is 0.281. The Hall–Kier alpha value is -2.34. The number of hydrogen-bond acceptors (Lipinski definition) is 3. The Morgan fingerprint density at radius 3 is 2.40 bits per heavy atom. The maximum Gasteiger partial charge on any atom is 0.193 e. The molecular formula is C19H25N3O2S. The van der Waals surface area contributed by atoms with E-state index in [4.69, 9.17) is 4.74 Å². The minimum atomic E-state index is -1.01. The van der Waals surface area contributed by atoms with Crippen LogP contribution >= 0.6 is 0 Å². The quantitative estimate of drug-likeness (QED) is 0.581. The Kier molecular flexibility index (Phi) is 7.98. The van der Waals surface area contributed by atoms with Crippen LogP contribution in [-0.4, -0.2) is 54.6 Å². The van der Waals surface area contributed by atoms with Gasteiger partial charge in [-0.15, -0.1) is 0 Å². The monoisotopic (exact) mass is 359 g/mol. The largest absolute Gasteiger partial charge is 0.492 e. The van der Waals surface area contributed by atoms with E-state index in [1.54, 1.807) is 7.05 Å². The third kappa shape index (κ3) is 6.58. The first-order chi connectivity index (χ1) is 12.2. The van der Waals surface area contributed by atoms with Crippen LogP contribution in [0.3, 0.4) is 0 Å². The number of para-hydroxylation sites is 1. The van der Waals surface area contributed by atoms with Crippen LogP contribution in [0.4, 0.5) is 0 Å². The van der Waals surface area contributed by atoms with Crippen molar-refractivity contribution < 1.29 is 8.95 Å². The molecule has 1 atom stereocenters. The third-order valence-electron chi connectivity index (χ3n) is 3.59. The van der Waals surface area contributed by atoms with Gasteiger partial charge in [-0.05, 0) is 24.3 Å². The molecule has 0 aliphatic carbocycles. The van der Waals surface area contributed by atoms with Gasteiger partial charge in [-0.3, -0.25) is 9.20 Å². The van der Waals surface area contributed by atoms with Gasteiger partial charge in [0.2, 0.25) is 0 Å². The fourth-order valence-corrected chi connectivity index (χ4v) is 3.24. The Bertz CT molecular complexity index is 678. The highest BCUT2D eigenvalue weighted by molar-refractivity contribution is 7.85. The minimum Gasteiger partial charge on any atom is -0.492 e. The van der Waals surface area contributed by atoms with Crippen molar-refractivity contribution >= 4 is 16.8 Å². The highest BCUT2D eigenvalue weighted by atomic mass is 32.2. The van der Waals surface area contributed by atoms with Gasteiger partial charge in [0.05, 0.1) is 17.3 Å². The van der Waals surface area contributed by atoms with E-state index in [1.165, 1.54) is 0 Å². The molecular weight excluding hydrogens is 334 g/mol. The van der Waals surface area contributed by atoms with E-state index < -0.39 is 10.8 Å². The van der Waals surface area contributed by atoms with Crippen LogP contribution in [0.5, 0.6) is 5.75 Å². The summed E-state index contributed by atoms with van der Waals surface area (Å²) in [5.41, 5.74) is 0. The zero-order valence-corrected chi connectivity index (χ0v) is 15.5. The normalized spacial score (nSPS) is 12.5. The number of nitrogens with one attached hydrogen (secondary N) is 1. The van der Waals surface area contributed by atoms with E-state index >= 15 is 0 Å². The Morgan fingerprint density at radius 2 is 1.76 bits per heavy atom. The molecule has 2 aromatic rings. The van der Waals surface area contributed by atoms with Gasteiger partial charge in [0.15, 0.2) is 5.96 Å². The number of guanidine groups is 1.